The zero-order valence-corrected chi connectivity index (χ0v) is 12.9. The molecule has 5 atom stereocenters. The molecule has 21 heavy (non-hydrogen) atoms. The van der Waals surface area contributed by atoms with E-state index in [0.717, 1.165) is 38.5 Å². The molecule has 0 heterocycles. The summed E-state index contributed by atoms with van der Waals surface area (Å²) >= 11 is 0. The lowest BCUT2D eigenvalue weighted by Crippen LogP contribution is -2.47. The van der Waals surface area contributed by atoms with Gasteiger partial charge in [0.25, 0.3) is 0 Å². The molecule has 0 aromatic carbocycles. The van der Waals surface area contributed by atoms with Crippen molar-refractivity contribution in [3.63, 3.8) is 0 Å². The van der Waals surface area contributed by atoms with Gasteiger partial charge in [0, 0.05) is 18.3 Å². The average molecular weight is 284 g/mol. The monoisotopic (exact) mass is 284 g/mol. The maximum absolute atomic E-state index is 12.4. The Morgan fingerprint density at radius 2 is 1.95 bits per heavy atom. The first kappa shape index (κ1) is 13.5. The van der Waals surface area contributed by atoms with Crippen LogP contribution in [0.15, 0.2) is 23.8 Å². The Labute approximate surface area is 126 Å². The van der Waals surface area contributed by atoms with Crippen LogP contribution in [0.1, 0.15) is 51.9 Å². The van der Waals surface area contributed by atoms with Crippen LogP contribution < -0.4 is 0 Å². The number of allylic oxidation sites excluding steroid dienone is 2. The molecule has 0 amide bonds. The van der Waals surface area contributed by atoms with Gasteiger partial charge in [-0.2, -0.15) is 0 Å². The Kier molecular flexibility index (Phi) is 2.83. The normalized spacial score (nSPS) is 45.8. The number of fused-ring (bicyclic) bond motifs is 5. The van der Waals surface area contributed by atoms with Gasteiger partial charge in [0.1, 0.15) is 5.78 Å². The topological polar surface area (TPSA) is 34.1 Å². The molecule has 0 aromatic heterocycles. The highest BCUT2D eigenvalue weighted by atomic mass is 16.1. The minimum absolute atomic E-state index is 0.135. The molecule has 2 heteroatoms. The Bertz CT molecular complexity index is 570. The van der Waals surface area contributed by atoms with Crippen molar-refractivity contribution in [3.8, 4) is 0 Å². The smallest absolute Gasteiger partial charge is 0.155 e. The third-order valence-corrected chi connectivity index (χ3v) is 6.91. The Balaban J connectivity index is 1.71. The van der Waals surface area contributed by atoms with Crippen LogP contribution in [0.4, 0.5) is 0 Å². The minimum Gasteiger partial charge on any atom is -0.299 e. The largest absolute Gasteiger partial charge is 0.299 e. The molecule has 4 rings (SSSR count). The second-order valence-electron chi connectivity index (χ2n) is 7.88. The zero-order valence-electron chi connectivity index (χ0n) is 12.9. The number of ketones is 2. The minimum atomic E-state index is -0.135. The van der Waals surface area contributed by atoms with Gasteiger partial charge in [-0.1, -0.05) is 24.6 Å². The summed E-state index contributed by atoms with van der Waals surface area (Å²) in [5, 5.41) is 0. The molecule has 0 aliphatic heterocycles. The molecule has 0 spiro atoms. The summed E-state index contributed by atoms with van der Waals surface area (Å²) in [7, 11) is 0. The fraction of sp³-hybridized carbons (Fsp3) is 0.684. The van der Waals surface area contributed by atoms with E-state index >= 15 is 0 Å². The summed E-state index contributed by atoms with van der Waals surface area (Å²) in [6.07, 6.45) is 8.56. The average Bonchev–Trinajstić information content (AvgIpc) is 2.74. The predicted molar refractivity (Wildman–Crippen MR) is 81.6 cm³/mol. The maximum Gasteiger partial charge on any atom is 0.155 e. The van der Waals surface area contributed by atoms with Crippen LogP contribution in [0, 0.1) is 29.1 Å². The van der Waals surface area contributed by atoms with Crippen molar-refractivity contribution < 1.29 is 9.59 Å². The Hall–Kier alpha value is -1.18. The molecule has 2 nitrogen and oxygen atoms in total. The summed E-state index contributed by atoms with van der Waals surface area (Å²) in [6, 6.07) is 0. The Morgan fingerprint density at radius 3 is 2.76 bits per heavy atom. The number of carbonyl (C=O) groups excluding carboxylic acids is 2. The molecule has 0 saturated heterocycles. The summed E-state index contributed by atoms with van der Waals surface area (Å²) in [5.74, 6) is 3.02. The molecule has 0 bridgehead atoms. The first-order valence-electron chi connectivity index (χ1n) is 8.45. The predicted octanol–water partition coefficient (Wildman–Crippen LogP) is 3.86. The van der Waals surface area contributed by atoms with Crippen LogP contribution in [0.5, 0.6) is 0 Å². The Morgan fingerprint density at radius 1 is 1.14 bits per heavy atom. The van der Waals surface area contributed by atoms with Crippen molar-refractivity contribution in [2.45, 2.75) is 51.9 Å². The molecule has 0 radical (unpaired) electrons. The van der Waals surface area contributed by atoms with Crippen molar-refractivity contribution in [1.82, 2.24) is 0 Å². The van der Waals surface area contributed by atoms with Crippen LogP contribution in [0.25, 0.3) is 0 Å². The van der Waals surface area contributed by atoms with E-state index in [1.54, 1.807) is 0 Å². The van der Waals surface area contributed by atoms with Gasteiger partial charge in [-0.05, 0) is 61.9 Å². The van der Waals surface area contributed by atoms with E-state index in [1.807, 2.05) is 6.08 Å². The van der Waals surface area contributed by atoms with Gasteiger partial charge in [0.05, 0.1) is 0 Å². The molecule has 3 fully saturated rings. The van der Waals surface area contributed by atoms with Gasteiger partial charge >= 0.3 is 0 Å². The second kappa shape index (κ2) is 4.41. The van der Waals surface area contributed by atoms with Crippen molar-refractivity contribution >= 4 is 11.6 Å². The van der Waals surface area contributed by atoms with Gasteiger partial charge in [-0.3, -0.25) is 9.59 Å². The molecule has 0 unspecified atom stereocenters. The molecule has 4 aliphatic carbocycles. The van der Waals surface area contributed by atoms with Crippen LogP contribution in [-0.2, 0) is 9.59 Å². The molecular formula is C19H24O2. The molecule has 3 saturated carbocycles. The fourth-order valence-electron chi connectivity index (χ4n) is 5.99. The molecular weight excluding hydrogens is 260 g/mol. The summed E-state index contributed by atoms with van der Waals surface area (Å²) < 4.78 is 0. The van der Waals surface area contributed by atoms with E-state index in [-0.39, 0.29) is 5.41 Å². The number of carbonyl (C=O) groups is 2. The highest BCUT2D eigenvalue weighted by Crippen LogP contribution is 2.61. The third kappa shape index (κ3) is 1.77. The van der Waals surface area contributed by atoms with E-state index in [1.165, 1.54) is 11.1 Å². The van der Waals surface area contributed by atoms with Crippen molar-refractivity contribution in [2.24, 2.45) is 29.1 Å². The maximum atomic E-state index is 12.4. The molecule has 0 aromatic rings. The second-order valence-corrected chi connectivity index (χ2v) is 7.88. The third-order valence-electron chi connectivity index (χ3n) is 6.91. The standard InChI is InChI=1S/C19H24O2/c1-11-10-19(2)16(7-8-17(19)21)15-5-3-12-9-13(20)4-6-14(12)18(11)15/h9,14-16,18H,1,3-8,10H2,2H3/t14-,15-,16-,18+,19-/m0/s1. The fourth-order valence-corrected chi connectivity index (χ4v) is 5.99. The molecule has 0 N–H and O–H groups in total. The van der Waals surface area contributed by atoms with Crippen LogP contribution in [0.2, 0.25) is 0 Å². The highest BCUT2D eigenvalue weighted by Gasteiger charge is 2.57. The van der Waals surface area contributed by atoms with Crippen molar-refractivity contribution in [1.29, 1.82) is 0 Å². The summed E-state index contributed by atoms with van der Waals surface area (Å²) in [5.41, 5.74) is 2.53. The van der Waals surface area contributed by atoms with Crippen LogP contribution >= 0.6 is 0 Å². The summed E-state index contributed by atoms with van der Waals surface area (Å²) in [4.78, 5) is 24.1. The summed E-state index contributed by atoms with van der Waals surface area (Å²) in [6.45, 7) is 6.57. The van der Waals surface area contributed by atoms with Gasteiger partial charge in [0.15, 0.2) is 5.78 Å². The number of hydrogen-bond acceptors (Lipinski definition) is 2. The van der Waals surface area contributed by atoms with E-state index in [0.29, 0.717) is 41.7 Å². The van der Waals surface area contributed by atoms with Crippen LogP contribution in [-0.4, -0.2) is 11.6 Å². The molecule has 4 aliphatic rings. The van der Waals surface area contributed by atoms with E-state index < -0.39 is 0 Å². The lowest BCUT2D eigenvalue weighted by molar-refractivity contribution is -0.129. The van der Waals surface area contributed by atoms with Crippen LogP contribution in [0.3, 0.4) is 0 Å². The SMILES string of the molecule is C=C1C[C@]2(C)C(=O)CC[C@H]2[C@@H]2CCC3=CC(=O)CC[C@@H]3[C@@H]12. The number of Topliss-reactive ketones (excluding diaryl/α,β-unsaturated/α-hetero) is 1. The molecule has 112 valence electrons. The zero-order chi connectivity index (χ0) is 14.8. The van der Waals surface area contributed by atoms with E-state index in [4.69, 9.17) is 0 Å². The lowest BCUT2D eigenvalue weighted by Gasteiger charge is -2.53. The first-order chi connectivity index (χ1) is 10.0. The lowest BCUT2D eigenvalue weighted by atomic mass is 9.51. The van der Waals surface area contributed by atoms with Crippen molar-refractivity contribution in [2.75, 3.05) is 0 Å². The van der Waals surface area contributed by atoms with Crippen molar-refractivity contribution in [3.05, 3.63) is 23.8 Å². The quantitative estimate of drug-likeness (QED) is 0.633. The van der Waals surface area contributed by atoms with Gasteiger partial charge < -0.3 is 0 Å². The van der Waals surface area contributed by atoms with Gasteiger partial charge in [-0.25, -0.2) is 0 Å². The van der Waals surface area contributed by atoms with E-state index in [9.17, 15) is 9.59 Å². The van der Waals surface area contributed by atoms with Gasteiger partial charge in [0.2, 0.25) is 0 Å². The van der Waals surface area contributed by atoms with E-state index in [2.05, 4.69) is 13.5 Å². The number of rotatable bonds is 0. The first-order valence-corrected chi connectivity index (χ1v) is 8.45. The number of hydrogen-bond donors (Lipinski definition) is 0. The van der Waals surface area contributed by atoms with Gasteiger partial charge in [-0.15, -0.1) is 0 Å². The highest BCUT2D eigenvalue weighted by molar-refractivity contribution is 5.91.